The fourth-order valence-electron chi connectivity index (χ4n) is 1.78. The van der Waals surface area contributed by atoms with E-state index in [2.05, 4.69) is 0 Å². The average molecular weight is 225 g/mol. The molecule has 1 aliphatic heterocycles. The van der Waals surface area contributed by atoms with Crippen LogP contribution in [-0.4, -0.2) is 28.4 Å². The molecule has 0 atom stereocenters. The Labute approximate surface area is 91.1 Å². The van der Waals surface area contributed by atoms with E-state index in [1.54, 1.807) is 10.3 Å². The van der Waals surface area contributed by atoms with Crippen LogP contribution in [0.4, 0.5) is 0 Å². The van der Waals surface area contributed by atoms with E-state index in [9.17, 15) is 9.59 Å². The second kappa shape index (κ2) is 3.66. The molecule has 5 heteroatoms. The zero-order valence-corrected chi connectivity index (χ0v) is 9.13. The smallest absolute Gasteiger partial charge is 0.336 e. The number of amides is 1. The van der Waals surface area contributed by atoms with Crippen molar-refractivity contribution >= 4 is 23.2 Å². The molecule has 2 heterocycles. The van der Waals surface area contributed by atoms with Crippen LogP contribution >= 0.6 is 11.3 Å². The first-order chi connectivity index (χ1) is 7.09. The van der Waals surface area contributed by atoms with Crippen molar-refractivity contribution in [2.24, 2.45) is 0 Å². The Morgan fingerprint density at radius 3 is 2.87 bits per heavy atom. The highest BCUT2D eigenvalue weighted by Gasteiger charge is 2.24. The molecule has 1 aliphatic rings. The number of rotatable bonds is 1. The maximum Gasteiger partial charge on any atom is 0.336 e. The third kappa shape index (κ3) is 1.74. The van der Waals surface area contributed by atoms with Gasteiger partial charge in [0.25, 0.3) is 0 Å². The standard InChI is InChI=1S/C10H11NO3S/c1-6(12)11-3-2-7-8(10(13)14)5-15-9(7)4-11/h5H,2-4H2,1H3,(H,13,14). The third-order valence-corrected chi connectivity index (χ3v) is 3.64. The van der Waals surface area contributed by atoms with E-state index in [0.29, 0.717) is 25.1 Å². The van der Waals surface area contributed by atoms with Crippen LogP contribution < -0.4 is 0 Å². The average Bonchev–Trinajstić information content (AvgIpc) is 2.59. The molecular formula is C10H11NO3S. The fourth-order valence-corrected chi connectivity index (χ4v) is 2.86. The van der Waals surface area contributed by atoms with Crippen LogP contribution in [0.3, 0.4) is 0 Å². The molecule has 0 unspecified atom stereocenters. The van der Waals surface area contributed by atoms with E-state index in [1.165, 1.54) is 18.3 Å². The molecular weight excluding hydrogens is 214 g/mol. The van der Waals surface area contributed by atoms with Crippen LogP contribution in [-0.2, 0) is 17.8 Å². The summed E-state index contributed by atoms with van der Waals surface area (Å²) in [4.78, 5) is 24.8. The topological polar surface area (TPSA) is 57.6 Å². The number of fused-ring (bicyclic) bond motifs is 1. The molecule has 0 saturated carbocycles. The van der Waals surface area contributed by atoms with E-state index >= 15 is 0 Å². The maximum absolute atomic E-state index is 11.2. The number of hydrogen-bond acceptors (Lipinski definition) is 3. The molecule has 1 N–H and O–H groups in total. The molecule has 0 fully saturated rings. The van der Waals surface area contributed by atoms with Crippen LogP contribution in [0.25, 0.3) is 0 Å². The van der Waals surface area contributed by atoms with Crippen LogP contribution in [0.15, 0.2) is 5.38 Å². The van der Waals surface area contributed by atoms with Gasteiger partial charge in [0.05, 0.1) is 12.1 Å². The van der Waals surface area contributed by atoms with Gasteiger partial charge in [0.1, 0.15) is 0 Å². The van der Waals surface area contributed by atoms with Gasteiger partial charge in [-0.15, -0.1) is 11.3 Å². The van der Waals surface area contributed by atoms with Crippen LogP contribution in [0.2, 0.25) is 0 Å². The molecule has 2 rings (SSSR count). The van der Waals surface area contributed by atoms with Gasteiger partial charge < -0.3 is 10.0 Å². The van der Waals surface area contributed by atoms with E-state index in [4.69, 9.17) is 5.11 Å². The highest BCUT2D eigenvalue weighted by atomic mass is 32.1. The molecule has 4 nitrogen and oxygen atoms in total. The number of carboxylic acid groups (broad SMARTS) is 1. The van der Waals surface area contributed by atoms with Crippen molar-refractivity contribution in [2.45, 2.75) is 19.9 Å². The molecule has 80 valence electrons. The Hall–Kier alpha value is -1.36. The summed E-state index contributed by atoms with van der Waals surface area (Å²) in [6, 6.07) is 0. The molecule has 0 radical (unpaired) electrons. The third-order valence-electron chi connectivity index (χ3n) is 2.62. The minimum absolute atomic E-state index is 0.0472. The molecule has 0 spiro atoms. The lowest BCUT2D eigenvalue weighted by Gasteiger charge is -2.25. The van der Waals surface area contributed by atoms with Crippen LogP contribution in [0.5, 0.6) is 0 Å². The zero-order valence-electron chi connectivity index (χ0n) is 8.32. The minimum atomic E-state index is -0.872. The highest BCUT2D eigenvalue weighted by Crippen LogP contribution is 2.28. The van der Waals surface area contributed by atoms with Crippen molar-refractivity contribution in [3.8, 4) is 0 Å². The quantitative estimate of drug-likeness (QED) is 0.785. The summed E-state index contributed by atoms with van der Waals surface area (Å²) in [7, 11) is 0. The number of thiophene rings is 1. The summed E-state index contributed by atoms with van der Waals surface area (Å²) < 4.78 is 0. The van der Waals surface area contributed by atoms with Crippen molar-refractivity contribution in [2.75, 3.05) is 6.54 Å². The van der Waals surface area contributed by atoms with Gasteiger partial charge in [0, 0.05) is 23.7 Å². The van der Waals surface area contributed by atoms with Gasteiger partial charge in [-0.1, -0.05) is 0 Å². The molecule has 0 saturated heterocycles. The molecule has 0 aromatic carbocycles. The Morgan fingerprint density at radius 1 is 1.53 bits per heavy atom. The Morgan fingerprint density at radius 2 is 2.27 bits per heavy atom. The SMILES string of the molecule is CC(=O)N1CCc2c(C(=O)O)csc2C1. The van der Waals surface area contributed by atoms with E-state index in [-0.39, 0.29) is 5.91 Å². The van der Waals surface area contributed by atoms with Gasteiger partial charge in [-0.25, -0.2) is 4.79 Å². The molecule has 0 bridgehead atoms. The number of nitrogens with zero attached hydrogens (tertiary/aromatic N) is 1. The Kier molecular flexibility index (Phi) is 2.48. The van der Waals surface area contributed by atoms with Gasteiger partial charge in [-0.3, -0.25) is 4.79 Å². The van der Waals surface area contributed by atoms with E-state index in [1.807, 2.05) is 0 Å². The van der Waals surface area contributed by atoms with Gasteiger partial charge in [-0.2, -0.15) is 0 Å². The fraction of sp³-hybridized carbons (Fsp3) is 0.400. The lowest BCUT2D eigenvalue weighted by atomic mass is 10.0. The normalized spacial score (nSPS) is 14.9. The van der Waals surface area contributed by atoms with Gasteiger partial charge in [0.2, 0.25) is 5.91 Å². The summed E-state index contributed by atoms with van der Waals surface area (Å²) in [5.41, 5.74) is 1.31. The molecule has 1 aromatic rings. The van der Waals surface area contributed by atoms with Gasteiger partial charge >= 0.3 is 5.97 Å². The van der Waals surface area contributed by atoms with Crippen molar-refractivity contribution in [1.82, 2.24) is 4.90 Å². The molecule has 0 aliphatic carbocycles. The predicted molar refractivity (Wildman–Crippen MR) is 56.1 cm³/mol. The summed E-state index contributed by atoms with van der Waals surface area (Å²) in [6.07, 6.45) is 0.653. The number of aromatic carboxylic acids is 1. The second-order valence-corrected chi connectivity index (χ2v) is 4.51. The lowest BCUT2D eigenvalue weighted by Crippen LogP contribution is -2.33. The minimum Gasteiger partial charge on any atom is -0.478 e. The molecule has 1 aromatic heterocycles. The summed E-state index contributed by atoms with van der Waals surface area (Å²) >= 11 is 1.43. The number of carbonyl (C=O) groups excluding carboxylic acids is 1. The summed E-state index contributed by atoms with van der Waals surface area (Å²) in [5.74, 6) is -0.824. The van der Waals surface area contributed by atoms with Crippen molar-refractivity contribution in [3.05, 3.63) is 21.4 Å². The molecule has 15 heavy (non-hydrogen) atoms. The first-order valence-electron chi connectivity index (χ1n) is 4.67. The number of carboxylic acids is 1. The molecule has 1 amide bonds. The highest BCUT2D eigenvalue weighted by molar-refractivity contribution is 7.10. The maximum atomic E-state index is 11.2. The number of carbonyl (C=O) groups is 2. The first-order valence-corrected chi connectivity index (χ1v) is 5.55. The lowest BCUT2D eigenvalue weighted by molar-refractivity contribution is -0.129. The van der Waals surface area contributed by atoms with Crippen molar-refractivity contribution in [3.63, 3.8) is 0 Å². The largest absolute Gasteiger partial charge is 0.478 e. The Balaban J connectivity index is 2.30. The summed E-state index contributed by atoms with van der Waals surface area (Å²) in [6.45, 7) is 2.72. The number of hydrogen-bond donors (Lipinski definition) is 1. The monoisotopic (exact) mass is 225 g/mol. The zero-order chi connectivity index (χ0) is 11.0. The van der Waals surface area contributed by atoms with E-state index < -0.39 is 5.97 Å². The van der Waals surface area contributed by atoms with Crippen molar-refractivity contribution < 1.29 is 14.7 Å². The van der Waals surface area contributed by atoms with Crippen molar-refractivity contribution in [1.29, 1.82) is 0 Å². The van der Waals surface area contributed by atoms with Crippen LogP contribution in [0, 0.1) is 0 Å². The van der Waals surface area contributed by atoms with Crippen LogP contribution in [0.1, 0.15) is 27.7 Å². The summed E-state index contributed by atoms with van der Waals surface area (Å²) in [5, 5.41) is 10.6. The van der Waals surface area contributed by atoms with Gasteiger partial charge in [0.15, 0.2) is 0 Å². The second-order valence-electron chi connectivity index (χ2n) is 3.55. The van der Waals surface area contributed by atoms with E-state index in [0.717, 1.165) is 10.4 Å². The first kappa shape index (κ1) is 10.2. The predicted octanol–water partition coefficient (Wildman–Crippen LogP) is 1.35. The Bertz CT molecular complexity index is 424. The van der Waals surface area contributed by atoms with Gasteiger partial charge in [-0.05, 0) is 12.0 Å².